The van der Waals surface area contributed by atoms with Gasteiger partial charge in [-0.05, 0) is 36.4 Å². The second kappa shape index (κ2) is 7.92. The molecule has 1 heterocycles. The van der Waals surface area contributed by atoms with E-state index in [-0.39, 0.29) is 5.75 Å². The van der Waals surface area contributed by atoms with Gasteiger partial charge in [-0.3, -0.25) is 4.57 Å². The Bertz CT molecular complexity index is 969. The molecule has 6 nitrogen and oxygen atoms in total. The van der Waals surface area contributed by atoms with Crippen molar-refractivity contribution >= 4 is 21.6 Å². The number of rotatable bonds is 7. The second-order valence-electron chi connectivity index (χ2n) is 5.68. The Labute approximate surface area is 157 Å². The van der Waals surface area contributed by atoms with Crippen LogP contribution < -0.4 is 4.74 Å². The van der Waals surface area contributed by atoms with Crippen LogP contribution in [0, 0.1) is 0 Å². The van der Waals surface area contributed by atoms with E-state index in [2.05, 4.69) is 10.2 Å². The Morgan fingerprint density at radius 2 is 1.73 bits per heavy atom. The molecular formula is C18H19N3O3S2. The quantitative estimate of drug-likeness (QED) is 0.578. The summed E-state index contributed by atoms with van der Waals surface area (Å²) in [5, 5.41) is 9.27. The van der Waals surface area contributed by atoms with E-state index in [1.807, 2.05) is 59.2 Å². The molecule has 0 spiro atoms. The van der Waals surface area contributed by atoms with E-state index in [1.54, 1.807) is 7.11 Å². The van der Waals surface area contributed by atoms with Crippen LogP contribution in [0.4, 0.5) is 0 Å². The predicted octanol–water partition coefficient (Wildman–Crippen LogP) is 3.08. The molecule has 0 amide bonds. The van der Waals surface area contributed by atoms with Gasteiger partial charge in [0.05, 0.1) is 12.9 Å². The number of methoxy groups -OCH3 is 1. The molecule has 0 aliphatic heterocycles. The summed E-state index contributed by atoms with van der Waals surface area (Å²) in [6.07, 6.45) is 1.23. The van der Waals surface area contributed by atoms with Gasteiger partial charge in [0, 0.05) is 23.3 Å². The number of aromatic nitrogens is 3. The number of nitrogens with zero attached hydrogens (tertiary/aromatic N) is 3. The molecule has 8 heteroatoms. The lowest BCUT2D eigenvalue weighted by molar-refractivity contribution is 0.415. The molecule has 0 unspecified atom stereocenters. The fourth-order valence-electron chi connectivity index (χ4n) is 2.38. The Kier molecular flexibility index (Phi) is 5.63. The minimum absolute atomic E-state index is 0.0944. The molecule has 0 saturated carbocycles. The van der Waals surface area contributed by atoms with Crippen molar-refractivity contribution in [3.05, 3.63) is 54.6 Å². The van der Waals surface area contributed by atoms with Gasteiger partial charge in [-0.2, -0.15) is 0 Å². The van der Waals surface area contributed by atoms with Crippen LogP contribution in [0.15, 0.2) is 59.8 Å². The van der Waals surface area contributed by atoms with E-state index in [9.17, 15) is 8.42 Å². The summed E-state index contributed by atoms with van der Waals surface area (Å²) in [4.78, 5) is 0. The summed E-state index contributed by atoms with van der Waals surface area (Å²) in [7, 11) is -1.39. The first kappa shape index (κ1) is 18.5. The highest BCUT2D eigenvalue weighted by Crippen LogP contribution is 2.29. The molecule has 2 aromatic carbocycles. The van der Waals surface area contributed by atoms with Crippen molar-refractivity contribution in [1.29, 1.82) is 0 Å². The zero-order valence-electron chi connectivity index (χ0n) is 14.5. The topological polar surface area (TPSA) is 74.1 Å². The van der Waals surface area contributed by atoms with Crippen LogP contribution in [-0.2, 0) is 9.84 Å². The van der Waals surface area contributed by atoms with Crippen LogP contribution >= 0.6 is 11.8 Å². The lowest BCUT2D eigenvalue weighted by Gasteiger charge is -2.10. The van der Waals surface area contributed by atoms with Gasteiger partial charge in [-0.1, -0.05) is 30.0 Å². The SMILES string of the molecule is COc1ccc(-c2nnc(SCCS(C)(=O)=O)n2-c2ccccc2)cc1. The van der Waals surface area contributed by atoms with E-state index >= 15 is 0 Å². The Balaban J connectivity index is 1.99. The van der Waals surface area contributed by atoms with Gasteiger partial charge in [-0.25, -0.2) is 8.42 Å². The highest BCUT2D eigenvalue weighted by molar-refractivity contribution is 8.00. The van der Waals surface area contributed by atoms with Crippen molar-refractivity contribution in [2.45, 2.75) is 5.16 Å². The Hall–Kier alpha value is -2.32. The lowest BCUT2D eigenvalue weighted by atomic mass is 10.2. The third-order valence-electron chi connectivity index (χ3n) is 3.68. The van der Waals surface area contributed by atoms with Crippen LogP contribution in [0.1, 0.15) is 0 Å². The maximum absolute atomic E-state index is 11.4. The summed E-state index contributed by atoms with van der Waals surface area (Å²) in [5.41, 5.74) is 1.82. The summed E-state index contributed by atoms with van der Waals surface area (Å²) in [6.45, 7) is 0. The fraction of sp³-hybridized carbons (Fsp3) is 0.222. The standard InChI is InChI=1S/C18H19N3O3S2/c1-24-16-10-8-14(9-11-16)17-19-20-18(25-12-13-26(2,22)23)21(17)15-6-4-3-5-7-15/h3-11H,12-13H2,1-2H3. The molecule has 0 bridgehead atoms. The first-order chi connectivity index (χ1) is 12.5. The molecule has 136 valence electrons. The average Bonchev–Trinajstić information content (AvgIpc) is 3.05. The van der Waals surface area contributed by atoms with Crippen molar-refractivity contribution in [2.75, 3.05) is 24.9 Å². The van der Waals surface area contributed by atoms with Crippen LogP contribution in [-0.4, -0.2) is 48.1 Å². The highest BCUT2D eigenvalue weighted by Gasteiger charge is 2.16. The molecule has 0 aliphatic carbocycles. The summed E-state index contributed by atoms with van der Waals surface area (Å²) in [5.74, 6) is 1.98. The number of ether oxygens (including phenoxy) is 1. The van der Waals surface area contributed by atoms with E-state index in [4.69, 9.17) is 4.74 Å². The molecule has 26 heavy (non-hydrogen) atoms. The first-order valence-corrected chi connectivity index (χ1v) is 11.0. The average molecular weight is 390 g/mol. The minimum Gasteiger partial charge on any atom is -0.497 e. The van der Waals surface area contributed by atoms with Crippen molar-refractivity contribution in [3.8, 4) is 22.8 Å². The number of hydrogen-bond acceptors (Lipinski definition) is 6. The molecule has 0 aliphatic rings. The van der Waals surface area contributed by atoms with Gasteiger partial charge in [0.25, 0.3) is 0 Å². The lowest BCUT2D eigenvalue weighted by Crippen LogP contribution is -2.06. The van der Waals surface area contributed by atoms with Crippen LogP contribution in [0.25, 0.3) is 17.1 Å². The predicted molar refractivity (Wildman–Crippen MR) is 104 cm³/mol. The Morgan fingerprint density at radius 1 is 1.04 bits per heavy atom. The largest absolute Gasteiger partial charge is 0.497 e. The molecule has 0 atom stereocenters. The maximum atomic E-state index is 11.4. The number of para-hydroxylation sites is 1. The van der Waals surface area contributed by atoms with E-state index in [0.29, 0.717) is 16.7 Å². The van der Waals surface area contributed by atoms with Crippen LogP contribution in [0.5, 0.6) is 5.75 Å². The third-order valence-corrected chi connectivity index (χ3v) is 5.82. The van der Waals surface area contributed by atoms with E-state index in [0.717, 1.165) is 17.0 Å². The molecule has 0 saturated heterocycles. The fourth-order valence-corrected chi connectivity index (χ4v) is 4.53. The molecule has 3 rings (SSSR count). The van der Waals surface area contributed by atoms with Crippen molar-refractivity contribution in [1.82, 2.24) is 14.8 Å². The summed E-state index contributed by atoms with van der Waals surface area (Å²) in [6, 6.07) is 17.4. The van der Waals surface area contributed by atoms with Gasteiger partial charge in [-0.15, -0.1) is 10.2 Å². The van der Waals surface area contributed by atoms with Crippen molar-refractivity contribution in [3.63, 3.8) is 0 Å². The van der Waals surface area contributed by atoms with Gasteiger partial charge in [0.15, 0.2) is 11.0 Å². The maximum Gasteiger partial charge on any atom is 0.196 e. The highest BCUT2D eigenvalue weighted by atomic mass is 32.2. The van der Waals surface area contributed by atoms with Crippen molar-refractivity contribution < 1.29 is 13.2 Å². The monoisotopic (exact) mass is 389 g/mol. The van der Waals surface area contributed by atoms with Gasteiger partial charge >= 0.3 is 0 Å². The zero-order valence-corrected chi connectivity index (χ0v) is 16.1. The first-order valence-electron chi connectivity index (χ1n) is 7.94. The number of thioether (sulfide) groups is 1. The smallest absolute Gasteiger partial charge is 0.196 e. The van der Waals surface area contributed by atoms with Crippen molar-refractivity contribution in [2.24, 2.45) is 0 Å². The normalized spacial score (nSPS) is 11.5. The van der Waals surface area contributed by atoms with E-state index in [1.165, 1.54) is 18.0 Å². The minimum atomic E-state index is -3.02. The molecular weight excluding hydrogens is 370 g/mol. The van der Waals surface area contributed by atoms with Crippen LogP contribution in [0.2, 0.25) is 0 Å². The molecule has 0 fully saturated rings. The second-order valence-corrected chi connectivity index (χ2v) is 9.01. The zero-order chi connectivity index (χ0) is 18.6. The number of hydrogen-bond donors (Lipinski definition) is 0. The van der Waals surface area contributed by atoms with Gasteiger partial charge in [0.1, 0.15) is 15.6 Å². The molecule has 0 N–H and O–H groups in total. The molecule has 0 radical (unpaired) electrons. The summed E-state index contributed by atoms with van der Waals surface area (Å²) >= 11 is 1.38. The van der Waals surface area contributed by atoms with Gasteiger partial charge < -0.3 is 4.74 Å². The Morgan fingerprint density at radius 3 is 2.35 bits per heavy atom. The van der Waals surface area contributed by atoms with E-state index < -0.39 is 9.84 Å². The van der Waals surface area contributed by atoms with Gasteiger partial charge in [0.2, 0.25) is 0 Å². The molecule has 3 aromatic rings. The third kappa shape index (κ3) is 4.44. The van der Waals surface area contributed by atoms with Crippen LogP contribution in [0.3, 0.4) is 0 Å². The number of sulfone groups is 1. The molecule has 1 aromatic heterocycles. The summed E-state index contributed by atoms with van der Waals surface area (Å²) < 4.78 is 29.9. The number of benzene rings is 2.